The minimum absolute atomic E-state index is 0.0323. The number of anilines is 1. The van der Waals surface area contributed by atoms with Crippen molar-refractivity contribution in [1.29, 1.82) is 0 Å². The molecule has 4 heteroatoms. The van der Waals surface area contributed by atoms with Crippen molar-refractivity contribution in [3.8, 4) is 0 Å². The molecule has 122 valence electrons. The number of hydrogen-bond acceptors (Lipinski definition) is 3. The van der Waals surface area contributed by atoms with Gasteiger partial charge in [-0.15, -0.1) is 11.8 Å². The second-order valence-corrected chi connectivity index (χ2v) is 7.38. The third kappa shape index (κ3) is 5.03. The van der Waals surface area contributed by atoms with E-state index in [4.69, 9.17) is 5.73 Å². The standard InChI is InChI=1S/C19H24N2OS/c1-4-19(2,3)21-18(22)17(14-8-6-5-7-9-14)23-16-12-10-15(20)11-13-16/h5-13,17H,4,20H2,1-3H3,(H,21,22). The number of carbonyl (C=O) groups excluding carboxylic acids is 1. The molecule has 1 atom stereocenters. The smallest absolute Gasteiger partial charge is 0.238 e. The van der Waals surface area contributed by atoms with Gasteiger partial charge in [-0.2, -0.15) is 0 Å². The van der Waals surface area contributed by atoms with Gasteiger partial charge in [0.1, 0.15) is 5.25 Å². The zero-order chi connectivity index (χ0) is 16.9. The summed E-state index contributed by atoms with van der Waals surface area (Å²) in [6, 6.07) is 17.5. The zero-order valence-corrected chi connectivity index (χ0v) is 14.7. The predicted molar refractivity (Wildman–Crippen MR) is 98.4 cm³/mol. The number of amides is 1. The summed E-state index contributed by atoms with van der Waals surface area (Å²) in [5.74, 6) is 0.0323. The van der Waals surface area contributed by atoms with E-state index in [9.17, 15) is 4.79 Å². The fraction of sp³-hybridized carbons (Fsp3) is 0.316. The molecule has 3 N–H and O–H groups in total. The van der Waals surface area contributed by atoms with E-state index in [1.807, 2.05) is 68.4 Å². The van der Waals surface area contributed by atoms with Crippen LogP contribution in [0, 0.1) is 0 Å². The molecule has 23 heavy (non-hydrogen) atoms. The van der Waals surface area contributed by atoms with Crippen LogP contribution in [-0.4, -0.2) is 11.4 Å². The minimum atomic E-state index is -0.286. The summed E-state index contributed by atoms with van der Waals surface area (Å²) in [5, 5.41) is 2.87. The summed E-state index contributed by atoms with van der Waals surface area (Å²) in [6.07, 6.45) is 0.882. The van der Waals surface area contributed by atoms with Gasteiger partial charge in [0.05, 0.1) is 0 Å². The van der Waals surface area contributed by atoms with Gasteiger partial charge in [0.2, 0.25) is 5.91 Å². The Hall–Kier alpha value is -1.94. The SMILES string of the molecule is CCC(C)(C)NC(=O)C(Sc1ccc(N)cc1)c1ccccc1. The molecule has 0 heterocycles. The average Bonchev–Trinajstić information content (AvgIpc) is 2.54. The van der Waals surface area contributed by atoms with E-state index >= 15 is 0 Å². The first-order valence-electron chi connectivity index (χ1n) is 7.80. The summed E-state index contributed by atoms with van der Waals surface area (Å²) in [7, 11) is 0. The molecule has 0 radical (unpaired) electrons. The molecule has 0 spiro atoms. The van der Waals surface area contributed by atoms with Crippen molar-refractivity contribution in [2.75, 3.05) is 5.73 Å². The van der Waals surface area contributed by atoms with E-state index in [1.165, 1.54) is 0 Å². The highest BCUT2D eigenvalue weighted by atomic mass is 32.2. The third-order valence-electron chi connectivity index (χ3n) is 3.82. The molecule has 3 nitrogen and oxygen atoms in total. The molecular formula is C19H24N2OS. The number of benzene rings is 2. The summed E-state index contributed by atoms with van der Waals surface area (Å²) >= 11 is 1.54. The van der Waals surface area contributed by atoms with Crippen LogP contribution in [0.15, 0.2) is 59.5 Å². The average molecular weight is 328 g/mol. The van der Waals surface area contributed by atoms with Crippen molar-refractivity contribution in [3.05, 3.63) is 60.2 Å². The van der Waals surface area contributed by atoms with E-state index in [0.29, 0.717) is 0 Å². The lowest BCUT2D eigenvalue weighted by Gasteiger charge is -2.27. The van der Waals surface area contributed by atoms with Crippen LogP contribution in [-0.2, 0) is 4.79 Å². The van der Waals surface area contributed by atoms with E-state index in [2.05, 4.69) is 12.2 Å². The molecule has 0 aliphatic heterocycles. The minimum Gasteiger partial charge on any atom is -0.399 e. The van der Waals surface area contributed by atoms with Gasteiger partial charge in [-0.1, -0.05) is 37.3 Å². The topological polar surface area (TPSA) is 55.1 Å². The Kier molecular flexibility index (Phi) is 5.72. The first-order chi connectivity index (χ1) is 10.9. The molecule has 2 aromatic rings. The number of nitrogens with two attached hydrogens (primary N) is 1. The van der Waals surface area contributed by atoms with Crippen molar-refractivity contribution in [2.45, 2.75) is 42.9 Å². The van der Waals surface area contributed by atoms with Crippen molar-refractivity contribution in [1.82, 2.24) is 5.32 Å². The molecule has 0 aromatic heterocycles. The van der Waals surface area contributed by atoms with Gasteiger partial charge < -0.3 is 11.1 Å². The van der Waals surface area contributed by atoms with Gasteiger partial charge in [-0.05, 0) is 50.1 Å². The quantitative estimate of drug-likeness (QED) is 0.610. The first-order valence-corrected chi connectivity index (χ1v) is 8.68. The highest BCUT2D eigenvalue weighted by Gasteiger charge is 2.26. The monoisotopic (exact) mass is 328 g/mol. The number of rotatable bonds is 6. The normalized spacial score (nSPS) is 12.7. The number of hydrogen-bond donors (Lipinski definition) is 2. The maximum Gasteiger partial charge on any atom is 0.238 e. The van der Waals surface area contributed by atoms with Gasteiger partial charge in [0.15, 0.2) is 0 Å². The number of nitrogen functional groups attached to an aromatic ring is 1. The predicted octanol–water partition coefficient (Wildman–Crippen LogP) is 4.41. The van der Waals surface area contributed by atoms with Gasteiger partial charge in [-0.25, -0.2) is 0 Å². The number of carbonyl (C=O) groups is 1. The molecule has 0 aliphatic rings. The van der Waals surface area contributed by atoms with Crippen LogP contribution < -0.4 is 11.1 Å². The molecule has 0 saturated carbocycles. The molecule has 2 aromatic carbocycles. The van der Waals surface area contributed by atoms with E-state index in [-0.39, 0.29) is 16.7 Å². The van der Waals surface area contributed by atoms with Crippen molar-refractivity contribution in [3.63, 3.8) is 0 Å². The van der Waals surface area contributed by atoms with Gasteiger partial charge >= 0.3 is 0 Å². The second kappa shape index (κ2) is 7.55. The van der Waals surface area contributed by atoms with Crippen LogP contribution in [0.25, 0.3) is 0 Å². The maximum atomic E-state index is 12.8. The summed E-state index contributed by atoms with van der Waals surface area (Å²) in [6.45, 7) is 6.16. The Morgan fingerprint density at radius 2 is 1.74 bits per heavy atom. The fourth-order valence-corrected chi connectivity index (χ4v) is 3.10. The van der Waals surface area contributed by atoms with Crippen LogP contribution in [0.2, 0.25) is 0 Å². The summed E-state index contributed by atoms with van der Waals surface area (Å²) in [4.78, 5) is 13.9. The molecule has 0 bridgehead atoms. The largest absolute Gasteiger partial charge is 0.399 e. The molecule has 0 fully saturated rings. The Bertz CT molecular complexity index is 638. The maximum absolute atomic E-state index is 12.8. The zero-order valence-electron chi connectivity index (χ0n) is 13.9. The van der Waals surface area contributed by atoms with E-state index < -0.39 is 0 Å². The Morgan fingerprint density at radius 1 is 1.13 bits per heavy atom. The Morgan fingerprint density at radius 3 is 2.30 bits per heavy atom. The van der Waals surface area contributed by atoms with Gasteiger partial charge in [-0.3, -0.25) is 4.79 Å². The van der Waals surface area contributed by atoms with Crippen LogP contribution in [0.5, 0.6) is 0 Å². The Labute approximate surface area is 142 Å². The lowest BCUT2D eigenvalue weighted by molar-refractivity contribution is -0.122. The van der Waals surface area contributed by atoms with Crippen LogP contribution in [0.1, 0.15) is 38.0 Å². The van der Waals surface area contributed by atoms with Gasteiger partial charge in [0, 0.05) is 16.1 Å². The Balaban J connectivity index is 2.25. The summed E-state index contributed by atoms with van der Waals surface area (Å²) in [5.41, 5.74) is 7.25. The van der Waals surface area contributed by atoms with Crippen LogP contribution in [0.3, 0.4) is 0 Å². The summed E-state index contributed by atoms with van der Waals surface area (Å²) < 4.78 is 0. The van der Waals surface area contributed by atoms with Crippen molar-refractivity contribution in [2.24, 2.45) is 0 Å². The lowest BCUT2D eigenvalue weighted by atomic mass is 10.0. The second-order valence-electron chi connectivity index (χ2n) is 6.20. The lowest BCUT2D eigenvalue weighted by Crippen LogP contribution is -2.44. The van der Waals surface area contributed by atoms with Crippen LogP contribution >= 0.6 is 11.8 Å². The molecule has 1 unspecified atom stereocenters. The van der Waals surface area contributed by atoms with Crippen molar-refractivity contribution < 1.29 is 4.79 Å². The molecule has 0 saturated heterocycles. The highest BCUT2D eigenvalue weighted by molar-refractivity contribution is 8.00. The first kappa shape index (κ1) is 17.4. The van der Waals surface area contributed by atoms with Crippen molar-refractivity contribution >= 4 is 23.4 Å². The molecule has 0 aliphatic carbocycles. The number of thioether (sulfide) groups is 1. The van der Waals surface area contributed by atoms with Gasteiger partial charge in [0.25, 0.3) is 0 Å². The van der Waals surface area contributed by atoms with E-state index in [1.54, 1.807) is 11.8 Å². The van der Waals surface area contributed by atoms with E-state index in [0.717, 1.165) is 22.6 Å². The third-order valence-corrected chi connectivity index (χ3v) is 5.09. The molecule has 2 rings (SSSR count). The highest BCUT2D eigenvalue weighted by Crippen LogP contribution is 2.36. The molecule has 1 amide bonds. The molecular weight excluding hydrogens is 304 g/mol. The number of nitrogens with one attached hydrogen (secondary N) is 1. The van der Waals surface area contributed by atoms with Crippen LogP contribution in [0.4, 0.5) is 5.69 Å². The fourth-order valence-electron chi connectivity index (χ4n) is 2.07.